The van der Waals surface area contributed by atoms with E-state index in [0.29, 0.717) is 44.8 Å². The van der Waals surface area contributed by atoms with Crippen LogP contribution in [0.1, 0.15) is 56.2 Å². The van der Waals surface area contributed by atoms with Crippen molar-refractivity contribution in [3.05, 3.63) is 59.2 Å². The summed E-state index contributed by atoms with van der Waals surface area (Å²) in [5.74, 6) is 0.684. The van der Waals surface area contributed by atoms with Gasteiger partial charge >= 0.3 is 5.97 Å². The number of aromatic nitrogens is 1. The molecule has 0 radical (unpaired) electrons. The van der Waals surface area contributed by atoms with Crippen LogP contribution in [0.2, 0.25) is 0 Å². The number of hydrogen-bond acceptors (Lipinski definition) is 6. The summed E-state index contributed by atoms with van der Waals surface area (Å²) in [5, 5.41) is 1.24. The average molecular weight is 458 g/mol. The first-order chi connectivity index (χ1) is 15.9. The van der Waals surface area contributed by atoms with Crippen LogP contribution in [0.15, 0.2) is 36.5 Å². The van der Waals surface area contributed by atoms with E-state index in [4.69, 9.17) is 18.9 Å². The Kier molecular flexibility index (Phi) is 9.45. The maximum Gasteiger partial charge on any atom is 0.340 e. The number of benzene rings is 2. The highest BCUT2D eigenvalue weighted by molar-refractivity contribution is 6.05. The summed E-state index contributed by atoms with van der Waals surface area (Å²) in [6.07, 6.45) is 1.63. The average Bonchev–Trinajstić information content (AvgIpc) is 2.81. The lowest BCUT2D eigenvalue weighted by atomic mass is 9.99. The molecule has 2 aromatic carbocycles. The fraction of sp³-hybridized carbons (Fsp3) is 0.385. The number of carbonyl (C=O) groups excluding carboxylic acids is 1. The summed E-state index contributed by atoms with van der Waals surface area (Å²) < 4.78 is 36.2. The van der Waals surface area contributed by atoms with Gasteiger partial charge in [0.1, 0.15) is 11.6 Å². The quantitative estimate of drug-likeness (QED) is 0.388. The number of ether oxygens (including phenoxy) is 4. The van der Waals surface area contributed by atoms with Crippen molar-refractivity contribution < 1.29 is 28.1 Å². The maximum atomic E-state index is 14.6. The zero-order valence-electron chi connectivity index (χ0n) is 20.3. The van der Waals surface area contributed by atoms with Crippen LogP contribution in [0.5, 0.6) is 17.2 Å². The predicted octanol–water partition coefficient (Wildman–Crippen LogP) is 5.97. The first-order valence-electron chi connectivity index (χ1n) is 11.0. The second-order valence-electron chi connectivity index (χ2n) is 7.19. The van der Waals surface area contributed by atoms with E-state index < -0.39 is 5.97 Å². The van der Waals surface area contributed by atoms with Gasteiger partial charge in [0.2, 0.25) is 0 Å². The van der Waals surface area contributed by atoms with E-state index in [1.54, 1.807) is 31.2 Å². The minimum absolute atomic E-state index is 0.0298. The molecule has 1 aromatic heterocycles. The Morgan fingerprint density at radius 1 is 1.03 bits per heavy atom. The molecular weight excluding hydrogens is 425 g/mol. The van der Waals surface area contributed by atoms with Crippen LogP contribution in [-0.2, 0) is 11.2 Å². The number of methoxy groups -OCH3 is 2. The molecule has 33 heavy (non-hydrogen) atoms. The third-order valence-corrected chi connectivity index (χ3v) is 4.72. The summed E-state index contributed by atoms with van der Waals surface area (Å²) in [5.41, 5.74) is 1.33. The van der Waals surface area contributed by atoms with E-state index in [0.717, 1.165) is 0 Å². The molecule has 3 rings (SSSR count). The Morgan fingerprint density at radius 3 is 2.24 bits per heavy atom. The molecule has 0 aliphatic heterocycles. The fourth-order valence-corrected chi connectivity index (χ4v) is 3.35. The monoisotopic (exact) mass is 457 g/mol. The molecule has 1 heterocycles. The van der Waals surface area contributed by atoms with Gasteiger partial charge in [-0.3, -0.25) is 4.98 Å². The third kappa shape index (κ3) is 6.12. The largest absolute Gasteiger partial charge is 0.493 e. The molecule has 6 nitrogen and oxygen atoms in total. The highest BCUT2D eigenvalue weighted by atomic mass is 19.1. The zero-order valence-corrected chi connectivity index (χ0v) is 20.3. The van der Waals surface area contributed by atoms with Crippen molar-refractivity contribution in [1.29, 1.82) is 0 Å². The molecule has 0 atom stereocenters. The minimum Gasteiger partial charge on any atom is -0.493 e. The molecular formula is C26H32FNO5. The second-order valence-corrected chi connectivity index (χ2v) is 7.19. The molecule has 0 aliphatic rings. The van der Waals surface area contributed by atoms with Crippen molar-refractivity contribution in [3.8, 4) is 17.2 Å². The molecule has 178 valence electrons. The van der Waals surface area contributed by atoms with Crippen LogP contribution in [-0.4, -0.2) is 37.9 Å². The normalized spacial score (nSPS) is 10.5. The van der Waals surface area contributed by atoms with Gasteiger partial charge in [0.05, 0.1) is 38.2 Å². The van der Waals surface area contributed by atoms with Crippen molar-refractivity contribution in [2.75, 3.05) is 20.8 Å². The van der Waals surface area contributed by atoms with Crippen molar-refractivity contribution in [2.45, 2.75) is 47.1 Å². The van der Waals surface area contributed by atoms with Gasteiger partial charge in [-0.05, 0) is 56.7 Å². The number of rotatable bonds is 8. The third-order valence-electron chi connectivity index (χ3n) is 4.72. The molecule has 7 heteroatoms. The van der Waals surface area contributed by atoms with E-state index in [9.17, 15) is 9.18 Å². The van der Waals surface area contributed by atoms with Gasteiger partial charge in [-0.1, -0.05) is 13.8 Å². The Labute approximate surface area is 194 Å². The van der Waals surface area contributed by atoms with Crippen LogP contribution in [0, 0.1) is 5.82 Å². The van der Waals surface area contributed by atoms with Gasteiger partial charge in [0.15, 0.2) is 11.5 Å². The van der Waals surface area contributed by atoms with Crippen molar-refractivity contribution in [1.82, 2.24) is 4.98 Å². The Bertz CT molecular complexity index is 1100. The molecule has 0 N–H and O–H groups in total. The zero-order chi connectivity index (χ0) is 24.5. The van der Waals surface area contributed by atoms with Crippen molar-refractivity contribution >= 4 is 16.7 Å². The van der Waals surface area contributed by atoms with Crippen LogP contribution in [0.25, 0.3) is 10.8 Å². The Hall–Kier alpha value is -3.35. The summed E-state index contributed by atoms with van der Waals surface area (Å²) in [4.78, 5) is 16.9. The van der Waals surface area contributed by atoms with Crippen LogP contribution in [0.3, 0.4) is 0 Å². The number of pyridine rings is 1. The highest BCUT2D eigenvalue weighted by Crippen LogP contribution is 2.36. The smallest absolute Gasteiger partial charge is 0.340 e. The van der Waals surface area contributed by atoms with Gasteiger partial charge in [0, 0.05) is 23.4 Å². The summed E-state index contributed by atoms with van der Waals surface area (Å²) in [6, 6.07) is 8.10. The molecule has 0 fully saturated rings. The highest BCUT2D eigenvalue weighted by Gasteiger charge is 2.19. The number of esters is 1. The van der Waals surface area contributed by atoms with Crippen molar-refractivity contribution in [2.24, 2.45) is 0 Å². The lowest BCUT2D eigenvalue weighted by Gasteiger charge is -2.15. The number of nitrogens with zero attached hydrogens (tertiary/aromatic N) is 1. The lowest BCUT2D eigenvalue weighted by molar-refractivity contribution is 0.0528. The number of hydrogen-bond donors (Lipinski definition) is 0. The molecule has 0 spiro atoms. The van der Waals surface area contributed by atoms with E-state index in [-0.39, 0.29) is 24.9 Å². The fourth-order valence-electron chi connectivity index (χ4n) is 3.35. The first kappa shape index (κ1) is 25.9. The number of carbonyl (C=O) groups is 1. The Balaban J connectivity index is 0.00000187. The number of halogens is 1. The molecule has 0 aliphatic carbocycles. The van der Waals surface area contributed by atoms with E-state index in [2.05, 4.69) is 4.98 Å². The minimum atomic E-state index is -0.489. The Morgan fingerprint density at radius 2 is 1.67 bits per heavy atom. The van der Waals surface area contributed by atoms with Gasteiger partial charge in [0.25, 0.3) is 0 Å². The van der Waals surface area contributed by atoms with E-state index in [1.807, 2.05) is 27.7 Å². The molecule has 0 saturated heterocycles. The molecule has 0 unspecified atom stereocenters. The first-order valence-corrected chi connectivity index (χ1v) is 11.0. The summed E-state index contributed by atoms with van der Waals surface area (Å²) >= 11 is 0. The van der Waals surface area contributed by atoms with Gasteiger partial charge in [-0.15, -0.1) is 0 Å². The van der Waals surface area contributed by atoms with Gasteiger partial charge in [-0.25, -0.2) is 9.18 Å². The van der Waals surface area contributed by atoms with Crippen LogP contribution >= 0.6 is 0 Å². The summed E-state index contributed by atoms with van der Waals surface area (Å²) in [7, 11) is 3.05. The van der Waals surface area contributed by atoms with Crippen LogP contribution in [0.4, 0.5) is 4.39 Å². The van der Waals surface area contributed by atoms with Crippen molar-refractivity contribution in [3.63, 3.8) is 0 Å². The topological polar surface area (TPSA) is 66.9 Å². The molecule has 0 saturated carbocycles. The van der Waals surface area contributed by atoms with Crippen LogP contribution < -0.4 is 14.2 Å². The van der Waals surface area contributed by atoms with Gasteiger partial charge in [-0.2, -0.15) is 0 Å². The molecule has 3 aromatic rings. The van der Waals surface area contributed by atoms with E-state index >= 15 is 0 Å². The second kappa shape index (κ2) is 12.0. The predicted molar refractivity (Wildman–Crippen MR) is 127 cm³/mol. The van der Waals surface area contributed by atoms with Gasteiger partial charge < -0.3 is 18.9 Å². The lowest BCUT2D eigenvalue weighted by Crippen LogP contribution is -2.09. The molecule has 0 bridgehead atoms. The maximum absolute atomic E-state index is 14.6. The molecule has 0 amide bonds. The van der Waals surface area contributed by atoms with E-state index in [1.165, 1.54) is 26.5 Å². The SMILES string of the molecule is CC.CCOC(=O)c1cnc(Cc2cc(OC(C)C)ccc2F)c2cc(OC)c(OC)cc12. The summed E-state index contributed by atoms with van der Waals surface area (Å²) in [6.45, 7) is 9.79. The standard InChI is InChI=1S/C24H26FNO5.C2H6/c1-6-30-24(27)19-13-26-21(18-12-23(29-5)22(28-4)11-17(18)19)10-15-9-16(31-14(2)3)7-8-20(15)25;1-2/h7-9,11-14H,6,10H2,1-5H3;1-2H3. The number of fused-ring (bicyclic) bond motifs is 1.